The molecule has 1 amide bonds. The molecular formula is C13H18ClN3O3. The Morgan fingerprint density at radius 3 is 2.60 bits per heavy atom. The second-order valence-corrected chi connectivity index (χ2v) is 5.14. The topological polar surface area (TPSA) is 92.2 Å². The van der Waals surface area contributed by atoms with Crippen LogP contribution in [0.5, 0.6) is 0 Å². The maximum atomic E-state index is 12.1. The van der Waals surface area contributed by atoms with Gasteiger partial charge in [0.1, 0.15) is 17.6 Å². The Morgan fingerprint density at radius 2 is 2.10 bits per heavy atom. The molecule has 1 unspecified atom stereocenters. The summed E-state index contributed by atoms with van der Waals surface area (Å²) >= 11 is 5.90. The van der Waals surface area contributed by atoms with Crippen molar-refractivity contribution in [1.82, 2.24) is 15.3 Å². The molecule has 0 saturated heterocycles. The number of carbonyl (C=O) groups is 2. The van der Waals surface area contributed by atoms with E-state index in [1.165, 1.54) is 6.20 Å². The highest BCUT2D eigenvalue weighted by molar-refractivity contribution is 6.33. The molecule has 1 heterocycles. The number of hydrogen-bond acceptors (Lipinski definition) is 4. The monoisotopic (exact) mass is 299 g/mol. The van der Waals surface area contributed by atoms with Gasteiger partial charge in [0.05, 0.1) is 11.2 Å². The number of rotatable bonds is 6. The van der Waals surface area contributed by atoms with E-state index in [9.17, 15) is 9.59 Å². The third kappa shape index (κ3) is 4.16. The van der Waals surface area contributed by atoms with Crippen LogP contribution in [0, 0.1) is 0 Å². The fourth-order valence-corrected chi connectivity index (χ4v) is 1.77. The first-order valence-corrected chi connectivity index (χ1v) is 6.80. The molecule has 0 aliphatic carbocycles. The molecule has 1 rings (SSSR count). The SMILES string of the molecule is CCCC(NC(=O)c1nc(C(C)C)ncc1Cl)C(=O)O. The van der Waals surface area contributed by atoms with Crippen LogP contribution in [0.15, 0.2) is 6.20 Å². The predicted octanol–water partition coefficient (Wildman–Crippen LogP) is 2.24. The second kappa shape index (κ2) is 7.19. The minimum Gasteiger partial charge on any atom is -0.480 e. The number of amides is 1. The van der Waals surface area contributed by atoms with Gasteiger partial charge in [0.15, 0.2) is 0 Å². The van der Waals surface area contributed by atoms with Crippen LogP contribution < -0.4 is 5.32 Å². The molecule has 0 saturated carbocycles. The fourth-order valence-electron chi connectivity index (χ4n) is 1.59. The molecule has 1 aromatic rings. The van der Waals surface area contributed by atoms with E-state index in [0.717, 1.165) is 0 Å². The zero-order chi connectivity index (χ0) is 15.3. The fraction of sp³-hybridized carbons (Fsp3) is 0.538. The number of halogens is 1. The Morgan fingerprint density at radius 1 is 1.45 bits per heavy atom. The minimum atomic E-state index is -1.07. The first kappa shape index (κ1) is 16.4. The lowest BCUT2D eigenvalue weighted by molar-refractivity contribution is -0.139. The predicted molar refractivity (Wildman–Crippen MR) is 74.9 cm³/mol. The summed E-state index contributed by atoms with van der Waals surface area (Å²) in [5.41, 5.74) is 0.00715. The van der Waals surface area contributed by atoms with Crippen LogP contribution in [0.3, 0.4) is 0 Å². The van der Waals surface area contributed by atoms with E-state index in [0.29, 0.717) is 18.7 Å². The van der Waals surface area contributed by atoms with Crippen LogP contribution >= 0.6 is 11.6 Å². The standard InChI is InChI=1S/C13H18ClN3O3/c1-4-5-9(13(19)20)16-12(18)10-8(14)6-15-11(17-10)7(2)3/h6-7,9H,4-5H2,1-3H3,(H,16,18)(H,19,20). The van der Waals surface area contributed by atoms with Crippen molar-refractivity contribution < 1.29 is 14.7 Å². The van der Waals surface area contributed by atoms with Gasteiger partial charge in [-0.1, -0.05) is 38.8 Å². The van der Waals surface area contributed by atoms with Gasteiger partial charge >= 0.3 is 5.97 Å². The molecule has 0 bridgehead atoms. The highest BCUT2D eigenvalue weighted by atomic mass is 35.5. The van der Waals surface area contributed by atoms with Crippen LogP contribution in [0.4, 0.5) is 0 Å². The third-order valence-corrected chi connectivity index (χ3v) is 2.95. The van der Waals surface area contributed by atoms with Crippen LogP contribution in [-0.2, 0) is 4.79 Å². The second-order valence-electron chi connectivity index (χ2n) is 4.73. The summed E-state index contributed by atoms with van der Waals surface area (Å²) in [5.74, 6) is -1.14. The lowest BCUT2D eigenvalue weighted by atomic mass is 10.1. The Kier molecular flexibility index (Phi) is 5.88. The average molecular weight is 300 g/mol. The van der Waals surface area contributed by atoms with Crippen molar-refractivity contribution in [1.29, 1.82) is 0 Å². The van der Waals surface area contributed by atoms with Gasteiger partial charge in [-0.3, -0.25) is 4.79 Å². The largest absolute Gasteiger partial charge is 0.480 e. The van der Waals surface area contributed by atoms with Gasteiger partial charge in [0, 0.05) is 5.92 Å². The number of carboxylic acid groups (broad SMARTS) is 1. The molecule has 0 aliphatic heterocycles. The quantitative estimate of drug-likeness (QED) is 0.840. The normalized spacial score (nSPS) is 12.2. The smallest absolute Gasteiger partial charge is 0.326 e. The summed E-state index contributed by atoms with van der Waals surface area (Å²) in [4.78, 5) is 31.2. The summed E-state index contributed by atoms with van der Waals surface area (Å²) in [7, 11) is 0. The van der Waals surface area contributed by atoms with E-state index in [2.05, 4.69) is 15.3 Å². The summed E-state index contributed by atoms with van der Waals surface area (Å²) in [6, 6.07) is -0.943. The first-order chi connectivity index (χ1) is 9.36. The molecule has 110 valence electrons. The van der Waals surface area contributed by atoms with Gasteiger partial charge in [-0.15, -0.1) is 0 Å². The summed E-state index contributed by atoms with van der Waals surface area (Å²) in [5, 5.41) is 11.6. The van der Waals surface area contributed by atoms with Gasteiger partial charge in [0.25, 0.3) is 5.91 Å². The van der Waals surface area contributed by atoms with E-state index >= 15 is 0 Å². The molecule has 1 atom stereocenters. The summed E-state index contributed by atoms with van der Waals surface area (Å²) in [6.45, 7) is 5.63. The highest BCUT2D eigenvalue weighted by Crippen LogP contribution is 2.16. The molecule has 20 heavy (non-hydrogen) atoms. The molecule has 0 aliphatic rings. The van der Waals surface area contributed by atoms with Crippen molar-refractivity contribution in [2.75, 3.05) is 0 Å². The van der Waals surface area contributed by atoms with Crippen molar-refractivity contribution in [3.63, 3.8) is 0 Å². The minimum absolute atomic E-state index is 0.00715. The Bertz CT molecular complexity index is 506. The number of aromatic nitrogens is 2. The zero-order valence-corrected chi connectivity index (χ0v) is 12.4. The van der Waals surface area contributed by atoms with Gasteiger partial charge in [-0.2, -0.15) is 0 Å². The highest BCUT2D eigenvalue weighted by Gasteiger charge is 2.22. The van der Waals surface area contributed by atoms with E-state index in [4.69, 9.17) is 16.7 Å². The summed E-state index contributed by atoms with van der Waals surface area (Å²) < 4.78 is 0. The van der Waals surface area contributed by atoms with Crippen LogP contribution in [0.1, 0.15) is 55.8 Å². The van der Waals surface area contributed by atoms with Crippen molar-refractivity contribution in [3.8, 4) is 0 Å². The number of carboxylic acids is 1. The van der Waals surface area contributed by atoms with Crippen molar-refractivity contribution in [2.24, 2.45) is 0 Å². The lowest BCUT2D eigenvalue weighted by Crippen LogP contribution is -2.41. The third-order valence-electron chi connectivity index (χ3n) is 2.67. The zero-order valence-electron chi connectivity index (χ0n) is 11.7. The van der Waals surface area contributed by atoms with Crippen LogP contribution in [-0.4, -0.2) is 33.0 Å². The van der Waals surface area contributed by atoms with Crippen molar-refractivity contribution in [3.05, 3.63) is 22.7 Å². The molecule has 1 aromatic heterocycles. The molecule has 0 spiro atoms. The number of hydrogen-bond donors (Lipinski definition) is 2. The maximum absolute atomic E-state index is 12.1. The van der Waals surface area contributed by atoms with E-state index in [-0.39, 0.29) is 16.6 Å². The van der Waals surface area contributed by atoms with E-state index in [1.54, 1.807) is 0 Å². The average Bonchev–Trinajstić information content (AvgIpc) is 2.38. The van der Waals surface area contributed by atoms with Gasteiger partial charge in [-0.25, -0.2) is 14.8 Å². The molecule has 0 fully saturated rings. The van der Waals surface area contributed by atoms with Gasteiger partial charge in [-0.05, 0) is 6.42 Å². The van der Waals surface area contributed by atoms with Crippen molar-refractivity contribution >= 4 is 23.5 Å². The Balaban J connectivity index is 2.96. The molecule has 6 nitrogen and oxygen atoms in total. The number of nitrogens with zero attached hydrogens (tertiary/aromatic N) is 2. The molecular weight excluding hydrogens is 282 g/mol. The van der Waals surface area contributed by atoms with Crippen LogP contribution in [0.25, 0.3) is 0 Å². The van der Waals surface area contributed by atoms with Gasteiger partial charge in [0.2, 0.25) is 0 Å². The van der Waals surface area contributed by atoms with Crippen molar-refractivity contribution in [2.45, 2.75) is 45.6 Å². The van der Waals surface area contributed by atoms with Gasteiger partial charge < -0.3 is 10.4 Å². The summed E-state index contributed by atoms with van der Waals surface area (Å²) in [6.07, 6.45) is 2.35. The molecule has 0 aromatic carbocycles. The Hall–Kier alpha value is -1.69. The number of aliphatic carboxylic acids is 1. The first-order valence-electron chi connectivity index (χ1n) is 6.42. The number of nitrogens with one attached hydrogen (secondary N) is 1. The van der Waals surface area contributed by atoms with E-state index < -0.39 is 17.9 Å². The Labute approximate surface area is 122 Å². The molecule has 7 heteroatoms. The molecule has 0 radical (unpaired) electrons. The van der Waals surface area contributed by atoms with Crippen LogP contribution in [0.2, 0.25) is 5.02 Å². The number of carbonyl (C=O) groups excluding carboxylic acids is 1. The lowest BCUT2D eigenvalue weighted by Gasteiger charge is -2.14. The molecule has 2 N–H and O–H groups in total. The van der Waals surface area contributed by atoms with E-state index in [1.807, 2.05) is 20.8 Å². The maximum Gasteiger partial charge on any atom is 0.326 e.